The molecule has 0 amide bonds. The van der Waals surface area contributed by atoms with Crippen LogP contribution >= 0.6 is 0 Å². The lowest BCUT2D eigenvalue weighted by molar-refractivity contribution is 0.309. The summed E-state index contributed by atoms with van der Waals surface area (Å²) in [5, 5.41) is 3.42. The molecule has 1 saturated carbocycles. The predicted octanol–water partition coefficient (Wildman–Crippen LogP) is 3.66. The third-order valence-corrected chi connectivity index (χ3v) is 6.16. The molecular formula is C21H28FN5. The van der Waals surface area contributed by atoms with Crippen LogP contribution < -0.4 is 5.32 Å². The zero-order chi connectivity index (χ0) is 18.9. The number of likely N-dealkylation sites (tertiary alicyclic amines) is 1. The van der Waals surface area contributed by atoms with E-state index in [1.54, 1.807) is 23.0 Å². The number of benzene rings is 1. The molecule has 0 unspecified atom stereocenters. The molecule has 6 heteroatoms. The molecule has 1 spiro atoms. The van der Waals surface area contributed by atoms with Crippen LogP contribution in [0.1, 0.15) is 43.5 Å². The summed E-state index contributed by atoms with van der Waals surface area (Å²) in [5.41, 5.74) is 1.94. The highest BCUT2D eigenvalue weighted by Gasteiger charge is 2.41. The van der Waals surface area contributed by atoms with Gasteiger partial charge < -0.3 is 14.8 Å². The highest BCUT2D eigenvalue weighted by atomic mass is 19.1. The molecule has 1 aromatic carbocycles. The lowest BCUT2D eigenvalue weighted by Gasteiger charge is -2.26. The minimum atomic E-state index is -0.239. The van der Waals surface area contributed by atoms with E-state index in [0.29, 0.717) is 17.6 Å². The second-order valence-corrected chi connectivity index (χ2v) is 7.91. The van der Waals surface area contributed by atoms with E-state index in [1.165, 1.54) is 32.1 Å². The normalized spacial score (nSPS) is 19.2. The van der Waals surface area contributed by atoms with Crippen molar-refractivity contribution in [2.75, 3.05) is 20.1 Å². The number of aliphatic imine (C=N–C) groups is 1. The van der Waals surface area contributed by atoms with Gasteiger partial charge in [-0.2, -0.15) is 0 Å². The Bertz CT molecular complexity index is 835. The van der Waals surface area contributed by atoms with Crippen molar-refractivity contribution < 1.29 is 4.39 Å². The molecule has 1 aliphatic carbocycles. The number of hydrogen-bond acceptors (Lipinski definition) is 2. The molecule has 0 radical (unpaired) electrons. The van der Waals surface area contributed by atoms with E-state index in [9.17, 15) is 4.39 Å². The van der Waals surface area contributed by atoms with E-state index >= 15 is 0 Å². The molecule has 27 heavy (non-hydrogen) atoms. The fourth-order valence-corrected chi connectivity index (χ4v) is 4.65. The van der Waals surface area contributed by atoms with Crippen molar-refractivity contribution in [1.82, 2.24) is 19.8 Å². The van der Waals surface area contributed by atoms with E-state index in [2.05, 4.69) is 20.2 Å². The zero-order valence-corrected chi connectivity index (χ0v) is 16.2. The van der Waals surface area contributed by atoms with Gasteiger partial charge >= 0.3 is 0 Å². The summed E-state index contributed by atoms with van der Waals surface area (Å²) in [6.45, 7) is 4.59. The van der Waals surface area contributed by atoms with Gasteiger partial charge in [-0.3, -0.25) is 4.99 Å². The third-order valence-electron chi connectivity index (χ3n) is 6.16. The van der Waals surface area contributed by atoms with Gasteiger partial charge in [-0.25, -0.2) is 9.37 Å². The Morgan fingerprint density at radius 1 is 1.30 bits per heavy atom. The first-order chi connectivity index (χ1) is 13.1. The number of aryl methyl sites for hydroxylation is 1. The van der Waals surface area contributed by atoms with Crippen molar-refractivity contribution in [3.8, 4) is 5.69 Å². The quantitative estimate of drug-likeness (QED) is 0.663. The average molecular weight is 369 g/mol. The Kier molecular flexibility index (Phi) is 4.89. The molecule has 5 nitrogen and oxygen atoms in total. The third kappa shape index (κ3) is 3.57. The standard InChI is InChI=1S/C21H28FN5/c1-16-24-10-12-27(16)19-6-5-17(13-18(19)22)14-25-20(23-2)26-11-9-21(15-26)7-3-4-8-21/h5-6,10,12-13H,3-4,7-9,11,14-15H2,1-2H3,(H,23,25). The van der Waals surface area contributed by atoms with Crippen LogP contribution in [-0.2, 0) is 6.54 Å². The van der Waals surface area contributed by atoms with E-state index < -0.39 is 0 Å². The van der Waals surface area contributed by atoms with Crippen molar-refractivity contribution >= 4 is 5.96 Å². The Labute approximate surface area is 160 Å². The molecule has 144 valence electrons. The number of guanidine groups is 1. The van der Waals surface area contributed by atoms with Crippen molar-refractivity contribution in [2.45, 2.75) is 45.6 Å². The Morgan fingerprint density at radius 3 is 2.78 bits per heavy atom. The Morgan fingerprint density at radius 2 is 2.11 bits per heavy atom. The van der Waals surface area contributed by atoms with E-state index in [0.717, 1.165) is 30.4 Å². The first-order valence-electron chi connectivity index (χ1n) is 9.85. The predicted molar refractivity (Wildman–Crippen MR) is 106 cm³/mol. The first kappa shape index (κ1) is 18.0. The summed E-state index contributed by atoms with van der Waals surface area (Å²) in [7, 11) is 1.83. The van der Waals surface area contributed by atoms with Crippen LogP contribution in [0.2, 0.25) is 0 Å². The molecule has 2 fully saturated rings. The molecule has 1 aliphatic heterocycles. The van der Waals surface area contributed by atoms with Gasteiger partial charge in [0.05, 0.1) is 5.69 Å². The summed E-state index contributed by atoms with van der Waals surface area (Å²) < 4.78 is 16.3. The van der Waals surface area contributed by atoms with E-state index in [1.807, 2.05) is 26.1 Å². The number of nitrogens with zero attached hydrogens (tertiary/aromatic N) is 4. The zero-order valence-electron chi connectivity index (χ0n) is 16.2. The fraction of sp³-hybridized carbons (Fsp3) is 0.524. The number of aromatic nitrogens is 2. The van der Waals surface area contributed by atoms with Crippen LogP contribution in [-0.4, -0.2) is 40.5 Å². The van der Waals surface area contributed by atoms with Gasteiger partial charge in [0.25, 0.3) is 0 Å². The number of hydrogen-bond donors (Lipinski definition) is 1. The van der Waals surface area contributed by atoms with Gasteiger partial charge in [-0.05, 0) is 49.3 Å². The van der Waals surface area contributed by atoms with E-state index in [4.69, 9.17) is 0 Å². The van der Waals surface area contributed by atoms with Crippen molar-refractivity contribution in [3.05, 3.63) is 47.8 Å². The van der Waals surface area contributed by atoms with Crippen LogP contribution in [0.5, 0.6) is 0 Å². The minimum absolute atomic E-state index is 0.239. The number of rotatable bonds is 3. The van der Waals surface area contributed by atoms with Gasteiger partial charge in [0.2, 0.25) is 0 Å². The largest absolute Gasteiger partial charge is 0.352 e. The maximum Gasteiger partial charge on any atom is 0.193 e. The van der Waals surface area contributed by atoms with E-state index in [-0.39, 0.29) is 5.82 Å². The summed E-state index contributed by atoms with van der Waals surface area (Å²) >= 11 is 0. The lowest BCUT2D eigenvalue weighted by atomic mass is 9.86. The maximum atomic E-state index is 14.6. The molecule has 1 aromatic heterocycles. The van der Waals surface area contributed by atoms with Crippen molar-refractivity contribution in [1.29, 1.82) is 0 Å². The molecule has 2 aromatic rings. The van der Waals surface area contributed by atoms with Gasteiger partial charge in [-0.1, -0.05) is 18.9 Å². The van der Waals surface area contributed by atoms with Crippen molar-refractivity contribution in [2.24, 2.45) is 10.4 Å². The monoisotopic (exact) mass is 369 g/mol. The van der Waals surface area contributed by atoms with Crippen molar-refractivity contribution in [3.63, 3.8) is 0 Å². The fourth-order valence-electron chi connectivity index (χ4n) is 4.65. The highest BCUT2D eigenvalue weighted by molar-refractivity contribution is 5.80. The lowest BCUT2D eigenvalue weighted by Crippen LogP contribution is -2.40. The topological polar surface area (TPSA) is 45.5 Å². The van der Waals surface area contributed by atoms with Crippen LogP contribution in [0.25, 0.3) is 5.69 Å². The minimum Gasteiger partial charge on any atom is -0.352 e. The van der Waals surface area contributed by atoms with Gasteiger partial charge in [-0.15, -0.1) is 0 Å². The SMILES string of the molecule is CN=C(NCc1ccc(-n2ccnc2C)c(F)c1)N1CCC2(CCCC2)C1. The smallest absolute Gasteiger partial charge is 0.193 e. The molecule has 4 rings (SSSR count). The van der Waals surface area contributed by atoms with Crippen LogP contribution in [0, 0.1) is 18.2 Å². The van der Waals surface area contributed by atoms with Crippen LogP contribution in [0.3, 0.4) is 0 Å². The Balaban J connectivity index is 1.41. The second-order valence-electron chi connectivity index (χ2n) is 7.91. The van der Waals surface area contributed by atoms with Crippen LogP contribution in [0.15, 0.2) is 35.6 Å². The number of imidazole rings is 1. The second kappa shape index (κ2) is 7.33. The molecule has 1 saturated heterocycles. The summed E-state index contributed by atoms with van der Waals surface area (Å²) in [5.74, 6) is 1.46. The summed E-state index contributed by atoms with van der Waals surface area (Å²) in [6.07, 6.45) is 10.1. The first-order valence-corrected chi connectivity index (χ1v) is 9.85. The molecule has 2 aliphatic rings. The van der Waals surface area contributed by atoms with Crippen LogP contribution in [0.4, 0.5) is 4.39 Å². The average Bonchev–Trinajstić information content (AvgIpc) is 3.39. The molecule has 1 N–H and O–H groups in total. The molecule has 0 bridgehead atoms. The Hall–Kier alpha value is -2.37. The number of halogens is 1. The summed E-state index contributed by atoms with van der Waals surface area (Å²) in [6, 6.07) is 5.37. The number of nitrogens with one attached hydrogen (secondary N) is 1. The van der Waals surface area contributed by atoms with Gasteiger partial charge in [0.15, 0.2) is 5.96 Å². The van der Waals surface area contributed by atoms with Gasteiger partial charge in [0.1, 0.15) is 11.6 Å². The maximum absolute atomic E-state index is 14.6. The summed E-state index contributed by atoms with van der Waals surface area (Å²) in [4.78, 5) is 11.0. The molecule has 0 atom stereocenters. The molecule has 2 heterocycles. The molecular weight excluding hydrogens is 341 g/mol. The highest BCUT2D eigenvalue weighted by Crippen LogP contribution is 2.45. The van der Waals surface area contributed by atoms with Gasteiger partial charge in [0, 0.05) is 39.1 Å².